The van der Waals surface area contributed by atoms with Crippen LogP contribution in [0.15, 0.2) is 11.1 Å². The predicted molar refractivity (Wildman–Crippen MR) is 75.3 cm³/mol. The molecule has 4 nitrogen and oxygen atoms in total. The van der Waals surface area contributed by atoms with Crippen molar-refractivity contribution in [1.82, 2.24) is 4.98 Å². The van der Waals surface area contributed by atoms with Gasteiger partial charge in [-0.1, -0.05) is 0 Å². The fourth-order valence-electron chi connectivity index (χ4n) is 2.30. The van der Waals surface area contributed by atoms with Crippen LogP contribution in [0.1, 0.15) is 36.6 Å². The van der Waals surface area contributed by atoms with E-state index in [0.29, 0.717) is 5.71 Å². The first-order chi connectivity index (χ1) is 10.2. The van der Waals surface area contributed by atoms with Crippen molar-refractivity contribution in [3.63, 3.8) is 0 Å². The first-order valence-corrected chi connectivity index (χ1v) is 6.92. The molecule has 0 radical (unpaired) electrons. The third-order valence-electron chi connectivity index (χ3n) is 3.37. The van der Waals surface area contributed by atoms with Crippen LogP contribution < -0.4 is 4.74 Å². The molecule has 0 saturated heterocycles. The monoisotopic (exact) mass is 314 g/mol. The molecule has 1 aromatic rings. The van der Waals surface area contributed by atoms with E-state index in [-0.39, 0.29) is 35.4 Å². The molecule has 1 heterocycles. The molecule has 1 saturated carbocycles. The van der Waals surface area contributed by atoms with Crippen LogP contribution in [0.3, 0.4) is 0 Å². The number of carbonyl (C=O) groups is 1. The fourth-order valence-corrected chi connectivity index (χ4v) is 2.30. The Labute approximate surface area is 126 Å². The highest BCUT2D eigenvalue weighted by molar-refractivity contribution is 6.05. The summed E-state index contributed by atoms with van der Waals surface area (Å²) in [5.74, 6) is -0.420. The van der Waals surface area contributed by atoms with Crippen molar-refractivity contribution in [3.8, 4) is 5.88 Å². The van der Waals surface area contributed by atoms with Crippen LogP contribution in [-0.4, -0.2) is 30.1 Å². The molecule has 0 bridgehead atoms. The zero-order valence-corrected chi connectivity index (χ0v) is 12.6. The number of pyridine rings is 1. The van der Waals surface area contributed by atoms with Crippen molar-refractivity contribution in [2.75, 3.05) is 13.7 Å². The maximum Gasteiger partial charge on any atom is 0.417 e. The molecule has 22 heavy (non-hydrogen) atoms. The number of carbonyl (C=O) groups excluding carboxylic acids is 1. The molecule has 1 fully saturated rings. The third kappa shape index (κ3) is 3.64. The number of ether oxygens (including phenoxy) is 1. The molecule has 120 valence electrons. The standard InChI is InChI=1S/C15H17F3N2O2/c1-8(21)7-22-12-6-11(15(16,17)18)13(9(2)20-12)14(19-3)10-4-5-10/h6,10H,4-5,7H2,1-3H3. The van der Waals surface area contributed by atoms with Crippen LogP contribution in [0.2, 0.25) is 0 Å². The van der Waals surface area contributed by atoms with Crippen molar-refractivity contribution in [2.24, 2.45) is 10.9 Å². The van der Waals surface area contributed by atoms with Gasteiger partial charge < -0.3 is 4.74 Å². The number of aromatic nitrogens is 1. The number of nitrogens with zero attached hydrogens (tertiary/aromatic N) is 2. The van der Waals surface area contributed by atoms with Crippen LogP contribution in [-0.2, 0) is 11.0 Å². The van der Waals surface area contributed by atoms with E-state index in [1.807, 2.05) is 0 Å². The summed E-state index contributed by atoms with van der Waals surface area (Å²) in [4.78, 5) is 19.0. The molecule has 0 spiro atoms. The topological polar surface area (TPSA) is 51.5 Å². The maximum absolute atomic E-state index is 13.4. The van der Waals surface area contributed by atoms with Gasteiger partial charge in [0, 0.05) is 30.3 Å². The van der Waals surface area contributed by atoms with Crippen LogP contribution in [0.5, 0.6) is 5.88 Å². The Balaban J connectivity index is 2.50. The lowest BCUT2D eigenvalue weighted by Crippen LogP contribution is -2.19. The highest BCUT2D eigenvalue weighted by Crippen LogP contribution is 2.40. The first kappa shape index (κ1) is 16.5. The molecular weight excluding hydrogens is 297 g/mol. The summed E-state index contributed by atoms with van der Waals surface area (Å²) >= 11 is 0. The first-order valence-electron chi connectivity index (χ1n) is 6.92. The van der Waals surface area contributed by atoms with Gasteiger partial charge in [-0.2, -0.15) is 13.2 Å². The highest BCUT2D eigenvalue weighted by atomic mass is 19.4. The molecule has 1 aromatic heterocycles. The smallest absolute Gasteiger partial charge is 0.417 e. The molecule has 1 aliphatic rings. The quantitative estimate of drug-likeness (QED) is 0.784. The lowest BCUT2D eigenvalue weighted by molar-refractivity contribution is -0.137. The van der Waals surface area contributed by atoms with Crippen molar-refractivity contribution in [1.29, 1.82) is 0 Å². The van der Waals surface area contributed by atoms with E-state index in [1.165, 1.54) is 20.9 Å². The second-order valence-corrected chi connectivity index (χ2v) is 5.34. The van der Waals surface area contributed by atoms with Crippen molar-refractivity contribution in [3.05, 3.63) is 22.9 Å². The fraction of sp³-hybridized carbons (Fsp3) is 0.533. The summed E-state index contributed by atoms with van der Waals surface area (Å²) in [5.41, 5.74) is -0.130. The Kier molecular flexibility index (Phi) is 4.53. The highest BCUT2D eigenvalue weighted by Gasteiger charge is 2.40. The van der Waals surface area contributed by atoms with Gasteiger partial charge >= 0.3 is 6.18 Å². The summed E-state index contributed by atoms with van der Waals surface area (Å²) in [6.45, 7) is 2.49. The van der Waals surface area contributed by atoms with E-state index in [2.05, 4.69) is 9.98 Å². The number of hydrogen-bond acceptors (Lipinski definition) is 4. The van der Waals surface area contributed by atoms with E-state index in [1.54, 1.807) is 0 Å². The van der Waals surface area contributed by atoms with Crippen molar-refractivity contribution < 1.29 is 22.7 Å². The lowest BCUT2D eigenvalue weighted by Gasteiger charge is -2.18. The molecule has 0 aliphatic heterocycles. The van der Waals surface area contributed by atoms with Crippen molar-refractivity contribution in [2.45, 2.75) is 32.9 Å². The van der Waals surface area contributed by atoms with Crippen LogP contribution >= 0.6 is 0 Å². The number of hydrogen-bond donors (Lipinski definition) is 0. The summed E-state index contributed by atoms with van der Waals surface area (Å²) in [7, 11) is 1.49. The van der Waals surface area contributed by atoms with Gasteiger partial charge in [0.15, 0.2) is 5.78 Å². The Morgan fingerprint density at radius 2 is 2.09 bits per heavy atom. The zero-order chi connectivity index (χ0) is 16.5. The number of Topliss-reactive ketones (excluding diaryl/α,β-unsaturated/α-hetero) is 1. The minimum absolute atomic E-state index is 0.0349. The minimum atomic E-state index is -4.54. The number of rotatable bonds is 5. The van der Waals surface area contributed by atoms with Gasteiger partial charge in [-0.05, 0) is 26.7 Å². The van der Waals surface area contributed by atoms with Gasteiger partial charge in [0.05, 0.1) is 11.3 Å². The molecule has 0 N–H and O–H groups in total. The number of aliphatic imine (C=N–C) groups is 1. The third-order valence-corrected chi connectivity index (χ3v) is 3.37. The summed E-state index contributed by atoms with van der Waals surface area (Å²) in [6.07, 6.45) is -2.86. The number of ketones is 1. The number of halogens is 3. The van der Waals surface area contributed by atoms with Crippen molar-refractivity contribution >= 4 is 11.5 Å². The van der Waals surface area contributed by atoms with Crippen LogP contribution in [0, 0.1) is 12.8 Å². The minimum Gasteiger partial charge on any atom is -0.470 e. The van der Waals surface area contributed by atoms with Gasteiger partial charge in [0.2, 0.25) is 5.88 Å². The molecule has 0 amide bonds. The second kappa shape index (κ2) is 6.06. The van der Waals surface area contributed by atoms with Gasteiger partial charge in [-0.25, -0.2) is 4.98 Å². The average molecular weight is 314 g/mol. The summed E-state index contributed by atoms with van der Waals surface area (Å²) in [6, 6.07) is 0.846. The molecule has 0 atom stereocenters. The Bertz CT molecular complexity index is 620. The normalized spacial score (nSPS) is 15.8. The van der Waals surface area contributed by atoms with Crippen LogP contribution in [0.4, 0.5) is 13.2 Å². The molecule has 1 aliphatic carbocycles. The average Bonchev–Trinajstić information content (AvgIpc) is 3.22. The van der Waals surface area contributed by atoms with E-state index < -0.39 is 11.7 Å². The Hall–Kier alpha value is -1.92. The largest absolute Gasteiger partial charge is 0.470 e. The second-order valence-electron chi connectivity index (χ2n) is 5.34. The summed E-state index contributed by atoms with van der Waals surface area (Å²) in [5, 5.41) is 0. The van der Waals surface area contributed by atoms with Gasteiger partial charge in [-0.3, -0.25) is 9.79 Å². The zero-order valence-electron chi connectivity index (χ0n) is 12.6. The van der Waals surface area contributed by atoms with Crippen LogP contribution in [0.25, 0.3) is 0 Å². The maximum atomic E-state index is 13.4. The van der Waals surface area contributed by atoms with Gasteiger partial charge in [0.1, 0.15) is 6.61 Å². The number of aryl methyl sites for hydroxylation is 1. The lowest BCUT2D eigenvalue weighted by atomic mass is 9.98. The number of alkyl halides is 3. The Morgan fingerprint density at radius 3 is 2.55 bits per heavy atom. The Morgan fingerprint density at radius 1 is 1.45 bits per heavy atom. The van der Waals surface area contributed by atoms with E-state index in [9.17, 15) is 18.0 Å². The molecule has 0 unspecified atom stereocenters. The van der Waals surface area contributed by atoms with Gasteiger partial charge in [0.25, 0.3) is 0 Å². The predicted octanol–water partition coefficient (Wildman–Crippen LogP) is 3.21. The van der Waals surface area contributed by atoms with E-state index in [4.69, 9.17) is 4.74 Å². The molecule has 7 heteroatoms. The van der Waals surface area contributed by atoms with E-state index in [0.717, 1.165) is 18.9 Å². The SMILES string of the molecule is CN=C(c1c(C(F)(F)F)cc(OCC(C)=O)nc1C)C1CC1. The van der Waals surface area contributed by atoms with E-state index >= 15 is 0 Å². The summed E-state index contributed by atoms with van der Waals surface area (Å²) < 4.78 is 45.2. The molecule has 0 aromatic carbocycles. The van der Waals surface area contributed by atoms with Gasteiger partial charge in [-0.15, -0.1) is 0 Å². The molecular formula is C15H17F3N2O2. The molecule has 2 rings (SSSR count).